The maximum Gasteiger partial charge on any atom is 0.356 e. The summed E-state index contributed by atoms with van der Waals surface area (Å²) in [6.07, 6.45) is 0. The summed E-state index contributed by atoms with van der Waals surface area (Å²) in [7, 11) is 0. The highest BCUT2D eigenvalue weighted by Crippen LogP contribution is 2.39. The zero-order valence-corrected chi connectivity index (χ0v) is 9.75. The molecule has 0 fully saturated rings. The van der Waals surface area contributed by atoms with E-state index in [9.17, 15) is 9.90 Å². The van der Waals surface area contributed by atoms with Gasteiger partial charge in [-0.25, -0.2) is 4.79 Å². The highest BCUT2D eigenvalue weighted by atomic mass is 35.5. The number of H-pyrrole nitrogens is 1. The Morgan fingerprint density at radius 1 is 1.41 bits per heavy atom. The van der Waals surface area contributed by atoms with Crippen LogP contribution in [-0.4, -0.2) is 16.1 Å². The molecule has 0 atom stereocenters. The van der Waals surface area contributed by atoms with E-state index in [1.807, 2.05) is 0 Å². The van der Waals surface area contributed by atoms with Crippen molar-refractivity contribution in [3.63, 3.8) is 0 Å². The molecule has 0 radical (unpaired) electrons. The van der Waals surface area contributed by atoms with Gasteiger partial charge in [0, 0.05) is 10.4 Å². The molecule has 17 heavy (non-hydrogen) atoms. The Balaban J connectivity index is 2.70. The minimum Gasteiger partial charge on any atom is -0.493 e. The number of primary amides is 1. The SMILES string of the molecule is NC(=O)N=Nc1c(O)[nH]c2c(Cl)cc(Cl)cc12. The molecular weight excluding hydrogens is 267 g/mol. The Hall–Kier alpha value is -1.79. The van der Waals surface area contributed by atoms with Gasteiger partial charge in [-0.1, -0.05) is 28.3 Å². The lowest BCUT2D eigenvalue weighted by Crippen LogP contribution is -2.01. The van der Waals surface area contributed by atoms with Crippen LogP contribution in [0.4, 0.5) is 10.5 Å². The summed E-state index contributed by atoms with van der Waals surface area (Å²) in [5.74, 6) is -0.269. The van der Waals surface area contributed by atoms with Crippen LogP contribution < -0.4 is 5.73 Å². The van der Waals surface area contributed by atoms with Crippen molar-refractivity contribution in [3.8, 4) is 5.88 Å². The number of aromatic nitrogens is 1. The summed E-state index contributed by atoms with van der Waals surface area (Å²) >= 11 is 11.7. The van der Waals surface area contributed by atoms with Crippen LogP contribution in [0.25, 0.3) is 10.9 Å². The van der Waals surface area contributed by atoms with Crippen LogP contribution >= 0.6 is 23.2 Å². The van der Waals surface area contributed by atoms with E-state index in [0.29, 0.717) is 20.9 Å². The lowest BCUT2D eigenvalue weighted by atomic mass is 10.2. The van der Waals surface area contributed by atoms with E-state index >= 15 is 0 Å². The minimum atomic E-state index is -0.966. The number of hydrogen-bond donors (Lipinski definition) is 3. The fourth-order valence-electron chi connectivity index (χ4n) is 1.39. The minimum absolute atomic E-state index is 0.0585. The lowest BCUT2D eigenvalue weighted by Gasteiger charge is -1.95. The third-order valence-electron chi connectivity index (χ3n) is 2.03. The second-order valence-corrected chi connectivity index (χ2v) is 4.01. The number of fused-ring (bicyclic) bond motifs is 1. The van der Waals surface area contributed by atoms with Crippen molar-refractivity contribution in [2.24, 2.45) is 16.0 Å². The lowest BCUT2D eigenvalue weighted by molar-refractivity contribution is 0.255. The Labute approximate surface area is 105 Å². The number of aromatic amines is 1. The standard InChI is InChI=1S/C9H6Cl2N4O2/c10-3-1-4-6(5(11)2-3)13-8(16)7(4)14-15-9(12)17/h1-2,13,16H,(H2,12,17). The van der Waals surface area contributed by atoms with E-state index in [-0.39, 0.29) is 11.6 Å². The van der Waals surface area contributed by atoms with Crippen molar-refractivity contribution < 1.29 is 9.90 Å². The van der Waals surface area contributed by atoms with Crippen molar-refractivity contribution >= 4 is 45.8 Å². The van der Waals surface area contributed by atoms with Gasteiger partial charge in [0.1, 0.15) is 0 Å². The van der Waals surface area contributed by atoms with E-state index in [1.165, 1.54) is 12.1 Å². The number of nitrogens with zero attached hydrogens (tertiary/aromatic N) is 2. The van der Waals surface area contributed by atoms with Gasteiger partial charge >= 0.3 is 6.03 Å². The van der Waals surface area contributed by atoms with Crippen LogP contribution in [0, 0.1) is 0 Å². The fourth-order valence-corrected chi connectivity index (χ4v) is 1.93. The zero-order chi connectivity index (χ0) is 12.6. The van der Waals surface area contributed by atoms with Gasteiger partial charge in [0.05, 0.1) is 10.5 Å². The average molecular weight is 273 g/mol. The Kier molecular flexibility index (Phi) is 2.91. The first-order valence-corrected chi connectivity index (χ1v) is 5.15. The number of carbonyl (C=O) groups is 1. The number of hydrogen-bond acceptors (Lipinski definition) is 3. The second-order valence-electron chi connectivity index (χ2n) is 3.17. The summed E-state index contributed by atoms with van der Waals surface area (Å²) in [5, 5.41) is 17.4. The maximum absolute atomic E-state index is 10.5. The predicted octanol–water partition coefficient (Wildman–Crippen LogP) is 3.34. The monoisotopic (exact) mass is 272 g/mol. The number of aromatic hydroxyl groups is 1. The molecule has 0 aliphatic rings. The molecule has 1 aromatic carbocycles. The van der Waals surface area contributed by atoms with Crippen molar-refractivity contribution in [2.75, 3.05) is 0 Å². The number of halogens is 2. The summed E-state index contributed by atoms with van der Waals surface area (Å²) in [6, 6.07) is 2.08. The molecule has 2 rings (SSSR count). The highest BCUT2D eigenvalue weighted by molar-refractivity contribution is 6.38. The molecule has 8 heteroatoms. The molecular formula is C9H6Cl2N4O2. The molecule has 0 unspecified atom stereocenters. The topological polar surface area (TPSA) is 104 Å². The molecule has 0 saturated heterocycles. The number of urea groups is 1. The normalized spacial score (nSPS) is 11.4. The molecule has 2 amide bonds. The van der Waals surface area contributed by atoms with Crippen molar-refractivity contribution in [3.05, 3.63) is 22.2 Å². The first-order valence-electron chi connectivity index (χ1n) is 4.40. The Morgan fingerprint density at radius 3 is 2.76 bits per heavy atom. The maximum atomic E-state index is 10.5. The molecule has 0 aliphatic heterocycles. The number of amides is 2. The molecule has 0 spiro atoms. The second kappa shape index (κ2) is 4.23. The first kappa shape index (κ1) is 11.7. The molecule has 2 aromatic rings. The van der Waals surface area contributed by atoms with Crippen LogP contribution in [0.1, 0.15) is 0 Å². The van der Waals surface area contributed by atoms with Gasteiger partial charge in [-0.3, -0.25) is 0 Å². The van der Waals surface area contributed by atoms with Gasteiger partial charge in [0.15, 0.2) is 5.69 Å². The number of nitrogens with two attached hydrogens (primary N) is 1. The third kappa shape index (κ3) is 2.17. The van der Waals surface area contributed by atoms with E-state index in [1.54, 1.807) is 0 Å². The van der Waals surface area contributed by atoms with Gasteiger partial charge in [0.2, 0.25) is 5.88 Å². The first-order chi connectivity index (χ1) is 7.99. The van der Waals surface area contributed by atoms with Gasteiger partial charge < -0.3 is 15.8 Å². The van der Waals surface area contributed by atoms with Crippen molar-refractivity contribution in [1.29, 1.82) is 0 Å². The molecule has 88 valence electrons. The Bertz CT molecular complexity index is 635. The van der Waals surface area contributed by atoms with Gasteiger partial charge in [-0.15, -0.1) is 5.11 Å². The van der Waals surface area contributed by atoms with Crippen molar-refractivity contribution in [1.82, 2.24) is 4.98 Å². The zero-order valence-electron chi connectivity index (χ0n) is 8.24. The van der Waals surface area contributed by atoms with Crippen LogP contribution in [-0.2, 0) is 0 Å². The van der Waals surface area contributed by atoms with E-state index in [4.69, 9.17) is 28.9 Å². The number of nitrogens with one attached hydrogen (secondary N) is 1. The van der Waals surface area contributed by atoms with Crippen LogP contribution in [0.5, 0.6) is 5.88 Å². The number of benzene rings is 1. The van der Waals surface area contributed by atoms with Crippen LogP contribution in [0.2, 0.25) is 10.0 Å². The molecule has 4 N–H and O–H groups in total. The highest BCUT2D eigenvalue weighted by Gasteiger charge is 2.14. The summed E-state index contributed by atoms with van der Waals surface area (Å²) in [6.45, 7) is 0. The Morgan fingerprint density at radius 2 is 2.12 bits per heavy atom. The summed E-state index contributed by atoms with van der Waals surface area (Å²) in [4.78, 5) is 13.1. The number of rotatable bonds is 1. The molecule has 0 saturated carbocycles. The molecule has 0 bridgehead atoms. The van der Waals surface area contributed by atoms with E-state index in [0.717, 1.165) is 0 Å². The van der Waals surface area contributed by atoms with E-state index < -0.39 is 6.03 Å². The smallest absolute Gasteiger partial charge is 0.356 e. The fraction of sp³-hybridized carbons (Fsp3) is 0. The molecule has 1 aromatic heterocycles. The van der Waals surface area contributed by atoms with Crippen molar-refractivity contribution in [2.45, 2.75) is 0 Å². The van der Waals surface area contributed by atoms with Gasteiger partial charge in [-0.05, 0) is 12.1 Å². The third-order valence-corrected chi connectivity index (χ3v) is 2.54. The molecule has 1 heterocycles. The van der Waals surface area contributed by atoms with E-state index in [2.05, 4.69) is 15.2 Å². The van der Waals surface area contributed by atoms with Crippen LogP contribution in [0.15, 0.2) is 22.4 Å². The quantitative estimate of drug-likeness (QED) is 0.693. The summed E-state index contributed by atoms with van der Waals surface area (Å²) in [5.41, 5.74) is 5.33. The van der Waals surface area contributed by atoms with Crippen LogP contribution in [0.3, 0.4) is 0 Å². The van der Waals surface area contributed by atoms with Gasteiger partial charge in [0.25, 0.3) is 0 Å². The predicted molar refractivity (Wildman–Crippen MR) is 64.1 cm³/mol. The largest absolute Gasteiger partial charge is 0.493 e. The van der Waals surface area contributed by atoms with Gasteiger partial charge in [-0.2, -0.15) is 0 Å². The average Bonchev–Trinajstić information content (AvgIpc) is 2.52. The molecule has 6 nitrogen and oxygen atoms in total. The number of carbonyl (C=O) groups excluding carboxylic acids is 1. The molecule has 0 aliphatic carbocycles. The number of azo groups is 1. The summed E-state index contributed by atoms with van der Waals surface area (Å²) < 4.78 is 0.